The summed E-state index contributed by atoms with van der Waals surface area (Å²) in [6.07, 6.45) is -0.654. The minimum atomic E-state index is -3.42. The molecule has 1 atom stereocenters. The Balaban J connectivity index is 2.41. The maximum atomic E-state index is 14.7. The van der Waals surface area contributed by atoms with Gasteiger partial charge in [0.05, 0.1) is 20.6 Å². The highest BCUT2D eigenvalue weighted by molar-refractivity contribution is 7.81. The Morgan fingerprint density at radius 3 is 1.97 bits per heavy atom. The van der Waals surface area contributed by atoms with E-state index < -0.39 is 34.4 Å². The molecule has 9 heteroatoms. The molecule has 0 radical (unpaired) electrons. The summed E-state index contributed by atoms with van der Waals surface area (Å²) in [4.78, 5) is 25.3. The van der Waals surface area contributed by atoms with Crippen LogP contribution in [-0.2, 0) is 9.48 Å². The normalized spacial score (nSPS) is 14.1. The highest BCUT2D eigenvalue weighted by atomic mass is 35.5. The minimum absolute atomic E-state index is 0.0202. The fourth-order valence-corrected chi connectivity index (χ4v) is 3.91. The largest absolute Gasteiger partial charge is 0.456 e. The lowest BCUT2D eigenvalue weighted by Gasteiger charge is -2.34. The Bertz CT molecular complexity index is 1040. The van der Waals surface area contributed by atoms with Gasteiger partial charge in [-0.15, -0.1) is 0 Å². The third-order valence-electron chi connectivity index (χ3n) is 4.77. The number of carbonyl (C=O) groups excluding carboxylic acids is 2. The van der Waals surface area contributed by atoms with Crippen LogP contribution in [0.5, 0.6) is 0 Å². The fraction of sp³-hybridized carbons (Fsp3) is 0.391. The van der Waals surface area contributed by atoms with Crippen molar-refractivity contribution in [3.05, 3.63) is 67.7 Å². The summed E-state index contributed by atoms with van der Waals surface area (Å²) >= 11 is 22.2. The first-order valence-electron chi connectivity index (χ1n) is 9.58. The zero-order valence-corrected chi connectivity index (χ0v) is 21.3. The molecule has 0 N–H and O–H groups in total. The maximum Gasteiger partial charge on any atom is 0.338 e. The molecular weight excluding hydrogens is 501 g/mol. The van der Waals surface area contributed by atoms with E-state index in [2.05, 4.69) is 12.6 Å². The van der Waals surface area contributed by atoms with Crippen molar-refractivity contribution in [1.29, 1.82) is 0 Å². The van der Waals surface area contributed by atoms with Crippen molar-refractivity contribution >= 4 is 59.2 Å². The number of ether oxygens (including phenoxy) is 1. The van der Waals surface area contributed by atoms with E-state index in [1.54, 1.807) is 27.7 Å². The standard InChI is InChI=1S/C23H23Cl3F2O3S/c1-12-8-13(6-7-15(12)20(30)31-21(2,3)4)18(29)11-23(32,22(5,27)28)14-9-16(24)19(26)17(25)10-14/h6-10,32H,11H2,1-5H3. The molecule has 0 aromatic heterocycles. The lowest BCUT2D eigenvalue weighted by atomic mass is 9.85. The number of aryl methyl sites for hydroxylation is 1. The first-order valence-corrected chi connectivity index (χ1v) is 11.2. The molecule has 2 aromatic rings. The van der Waals surface area contributed by atoms with Crippen LogP contribution < -0.4 is 0 Å². The number of esters is 1. The van der Waals surface area contributed by atoms with Gasteiger partial charge in [0.15, 0.2) is 5.78 Å². The number of carbonyl (C=O) groups is 2. The van der Waals surface area contributed by atoms with Crippen molar-refractivity contribution in [2.45, 2.75) is 57.3 Å². The summed E-state index contributed by atoms with van der Waals surface area (Å²) in [6.45, 7) is 7.53. The van der Waals surface area contributed by atoms with Gasteiger partial charge in [-0.25, -0.2) is 13.6 Å². The van der Waals surface area contributed by atoms with E-state index in [-0.39, 0.29) is 31.8 Å². The number of halogens is 5. The number of benzene rings is 2. The van der Waals surface area contributed by atoms with Crippen LogP contribution in [-0.4, -0.2) is 23.3 Å². The molecule has 1 unspecified atom stereocenters. The van der Waals surface area contributed by atoms with E-state index in [0.29, 0.717) is 12.5 Å². The first-order chi connectivity index (χ1) is 14.5. The van der Waals surface area contributed by atoms with Gasteiger partial charge in [-0.1, -0.05) is 40.9 Å². The zero-order chi connectivity index (χ0) is 24.6. The molecule has 2 rings (SSSR count). The Labute approximate surface area is 206 Å². The van der Waals surface area contributed by atoms with Gasteiger partial charge in [0.2, 0.25) is 0 Å². The van der Waals surface area contributed by atoms with Crippen LogP contribution in [0.1, 0.15) is 66.0 Å². The molecule has 174 valence electrons. The summed E-state index contributed by atoms with van der Waals surface area (Å²) in [5, 5.41) is -0.0319. The second-order valence-corrected chi connectivity index (χ2v) is 10.6. The lowest BCUT2D eigenvalue weighted by molar-refractivity contribution is -0.0233. The van der Waals surface area contributed by atoms with E-state index in [4.69, 9.17) is 39.5 Å². The lowest BCUT2D eigenvalue weighted by Crippen LogP contribution is -2.40. The molecule has 2 aromatic carbocycles. The van der Waals surface area contributed by atoms with Crippen LogP contribution in [0.4, 0.5) is 8.78 Å². The van der Waals surface area contributed by atoms with Gasteiger partial charge in [0, 0.05) is 18.9 Å². The molecule has 0 aliphatic carbocycles. The van der Waals surface area contributed by atoms with Crippen molar-refractivity contribution in [3.63, 3.8) is 0 Å². The minimum Gasteiger partial charge on any atom is -0.456 e. The second kappa shape index (κ2) is 9.49. The van der Waals surface area contributed by atoms with Gasteiger partial charge in [0.25, 0.3) is 5.92 Å². The number of thiol groups is 1. The smallest absolute Gasteiger partial charge is 0.338 e. The summed E-state index contributed by atoms with van der Waals surface area (Å²) in [5.41, 5.74) is 0.200. The summed E-state index contributed by atoms with van der Waals surface area (Å²) in [7, 11) is 0. The zero-order valence-electron chi connectivity index (χ0n) is 18.2. The molecular formula is C23H23Cl3F2O3S. The van der Waals surface area contributed by atoms with E-state index in [1.165, 1.54) is 30.3 Å². The molecule has 0 saturated heterocycles. The molecule has 0 saturated carbocycles. The van der Waals surface area contributed by atoms with Gasteiger partial charge in [-0.2, -0.15) is 12.6 Å². The first kappa shape index (κ1) is 26.9. The fourth-order valence-electron chi connectivity index (χ4n) is 3.04. The van der Waals surface area contributed by atoms with E-state index in [0.717, 1.165) is 0 Å². The van der Waals surface area contributed by atoms with Gasteiger partial charge >= 0.3 is 5.97 Å². The Morgan fingerprint density at radius 2 is 1.53 bits per heavy atom. The predicted molar refractivity (Wildman–Crippen MR) is 128 cm³/mol. The van der Waals surface area contributed by atoms with E-state index in [1.807, 2.05) is 0 Å². The molecule has 0 bridgehead atoms. The molecule has 3 nitrogen and oxygen atoms in total. The van der Waals surface area contributed by atoms with Crippen molar-refractivity contribution in [3.8, 4) is 0 Å². The monoisotopic (exact) mass is 522 g/mol. The van der Waals surface area contributed by atoms with Crippen LogP contribution in [0, 0.1) is 6.92 Å². The number of alkyl halides is 2. The third kappa shape index (κ3) is 5.96. The van der Waals surface area contributed by atoms with Crippen molar-refractivity contribution in [2.75, 3.05) is 0 Å². The molecule has 0 heterocycles. The third-order valence-corrected chi connectivity index (χ3v) is 6.78. The number of hydrogen-bond donors (Lipinski definition) is 1. The van der Waals surface area contributed by atoms with Crippen LogP contribution in [0.3, 0.4) is 0 Å². The molecule has 0 spiro atoms. The Hall–Kier alpha value is -1.34. The summed E-state index contributed by atoms with van der Waals surface area (Å²) in [5.74, 6) is -4.55. The van der Waals surface area contributed by atoms with E-state index in [9.17, 15) is 18.4 Å². The summed E-state index contributed by atoms with van der Waals surface area (Å²) in [6, 6.07) is 6.76. The van der Waals surface area contributed by atoms with Gasteiger partial charge < -0.3 is 4.74 Å². The van der Waals surface area contributed by atoms with Crippen LogP contribution in [0.15, 0.2) is 30.3 Å². The topological polar surface area (TPSA) is 43.4 Å². The number of rotatable bonds is 6. The van der Waals surface area contributed by atoms with Crippen molar-refractivity contribution in [1.82, 2.24) is 0 Å². The van der Waals surface area contributed by atoms with E-state index >= 15 is 0 Å². The second-order valence-electron chi connectivity index (χ2n) is 8.63. The quantitative estimate of drug-likeness (QED) is 0.181. The van der Waals surface area contributed by atoms with Crippen LogP contribution >= 0.6 is 47.4 Å². The molecule has 0 aliphatic heterocycles. The average Bonchev–Trinajstić information content (AvgIpc) is 2.62. The van der Waals surface area contributed by atoms with Crippen molar-refractivity contribution < 1.29 is 23.1 Å². The van der Waals surface area contributed by atoms with Gasteiger partial charge in [-0.05, 0) is 63.1 Å². The average molecular weight is 524 g/mol. The predicted octanol–water partition coefficient (Wildman–Crippen LogP) is 7.96. The Kier molecular flexibility index (Phi) is 7.98. The van der Waals surface area contributed by atoms with Crippen LogP contribution in [0.25, 0.3) is 0 Å². The molecule has 0 fully saturated rings. The van der Waals surface area contributed by atoms with Gasteiger partial charge in [-0.3, -0.25) is 4.79 Å². The highest BCUT2D eigenvalue weighted by Crippen LogP contribution is 2.48. The molecule has 32 heavy (non-hydrogen) atoms. The van der Waals surface area contributed by atoms with Crippen molar-refractivity contribution in [2.24, 2.45) is 0 Å². The molecule has 0 aliphatic rings. The summed E-state index contributed by atoms with van der Waals surface area (Å²) < 4.78 is 32.5. The van der Waals surface area contributed by atoms with Gasteiger partial charge in [0.1, 0.15) is 10.3 Å². The maximum absolute atomic E-state index is 14.7. The molecule has 0 amide bonds. The Morgan fingerprint density at radius 1 is 1.00 bits per heavy atom. The SMILES string of the molecule is Cc1cc(C(=O)CC(S)(c2cc(Cl)c(Cl)c(Cl)c2)C(C)(F)F)ccc1C(=O)OC(C)(C)C. The number of hydrogen-bond acceptors (Lipinski definition) is 4. The number of Topliss-reactive ketones (excluding diaryl/α,β-unsaturated/α-hetero) is 1. The number of ketones is 1. The highest BCUT2D eigenvalue weighted by Gasteiger charge is 2.50. The van der Waals surface area contributed by atoms with Crippen LogP contribution in [0.2, 0.25) is 15.1 Å².